The van der Waals surface area contributed by atoms with Gasteiger partial charge in [-0.2, -0.15) is 0 Å². The van der Waals surface area contributed by atoms with Crippen molar-refractivity contribution in [3.05, 3.63) is 59.5 Å². The van der Waals surface area contributed by atoms with Gasteiger partial charge in [-0.25, -0.2) is 9.37 Å². The van der Waals surface area contributed by atoms with Crippen molar-refractivity contribution in [3.63, 3.8) is 0 Å². The number of nitrogens with two attached hydrogens (primary N) is 1. The van der Waals surface area contributed by atoms with Crippen LogP contribution in [0.5, 0.6) is 0 Å². The molecule has 1 heterocycles. The van der Waals surface area contributed by atoms with Gasteiger partial charge in [0.2, 0.25) is 0 Å². The molecular formula is C15H18FN3. The quantitative estimate of drug-likeness (QED) is 0.918. The largest absolute Gasteiger partial charge is 0.355 e. The minimum absolute atomic E-state index is 0.0700. The summed E-state index contributed by atoms with van der Waals surface area (Å²) in [5.41, 5.74) is 7.99. The van der Waals surface area contributed by atoms with E-state index >= 15 is 0 Å². The van der Waals surface area contributed by atoms with Gasteiger partial charge in [0.05, 0.1) is 0 Å². The Morgan fingerprint density at radius 3 is 2.58 bits per heavy atom. The normalized spacial score (nSPS) is 12.2. The molecule has 100 valence electrons. The molecule has 1 atom stereocenters. The van der Waals surface area contributed by atoms with E-state index < -0.39 is 0 Å². The lowest BCUT2D eigenvalue weighted by molar-refractivity contribution is 0.627. The summed E-state index contributed by atoms with van der Waals surface area (Å²) >= 11 is 0. The maximum absolute atomic E-state index is 12.9. The lowest BCUT2D eigenvalue weighted by atomic mass is 10.1. The number of halogens is 1. The molecule has 0 aliphatic carbocycles. The topological polar surface area (TPSA) is 42.1 Å². The predicted molar refractivity (Wildman–Crippen MR) is 75.3 cm³/mol. The van der Waals surface area contributed by atoms with Crippen molar-refractivity contribution in [2.24, 2.45) is 5.73 Å². The van der Waals surface area contributed by atoms with Gasteiger partial charge in [0.1, 0.15) is 11.6 Å². The lowest BCUT2D eigenvalue weighted by Gasteiger charge is -2.22. The molecular weight excluding hydrogens is 241 g/mol. The molecule has 0 saturated carbocycles. The summed E-state index contributed by atoms with van der Waals surface area (Å²) in [5.74, 6) is 0.641. The van der Waals surface area contributed by atoms with Crippen molar-refractivity contribution >= 4 is 5.82 Å². The van der Waals surface area contributed by atoms with Gasteiger partial charge in [0, 0.05) is 31.4 Å². The van der Waals surface area contributed by atoms with Gasteiger partial charge in [-0.3, -0.25) is 0 Å². The molecule has 2 rings (SSSR count). The zero-order valence-corrected chi connectivity index (χ0v) is 11.2. The van der Waals surface area contributed by atoms with Gasteiger partial charge in [0.25, 0.3) is 0 Å². The van der Waals surface area contributed by atoms with E-state index in [0.29, 0.717) is 6.54 Å². The highest BCUT2D eigenvalue weighted by molar-refractivity contribution is 5.48. The molecule has 0 fully saturated rings. The van der Waals surface area contributed by atoms with E-state index in [9.17, 15) is 4.39 Å². The molecule has 0 saturated heterocycles. The molecule has 0 amide bonds. The fourth-order valence-corrected chi connectivity index (χ4v) is 2.02. The van der Waals surface area contributed by atoms with Crippen LogP contribution in [0.3, 0.4) is 0 Å². The van der Waals surface area contributed by atoms with E-state index in [1.54, 1.807) is 18.3 Å². The standard InChI is InChI=1S/C15H18FN3/c1-11(17)14-4-3-9-18-15(14)19(2)10-12-5-7-13(16)8-6-12/h3-9,11H,10,17H2,1-2H3/t11-/m1/s1. The second-order valence-corrected chi connectivity index (χ2v) is 4.69. The monoisotopic (exact) mass is 259 g/mol. The van der Waals surface area contributed by atoms with Crippen LogP contribution in [-0.4, -0.2) is 12.0 Å². The summed E-state index contributed by atoms with van der Waals surface area (Å²) in [6, 6.07) is 10.3. The van der Waals surface area contributed by atoms with Gasteiger partial charge in [0.15, 0.2) is 0 Å². The summed E-state index contributed by atoms with van der Waals surface area (Å²) in [5, 5.41) is 0. The van der Waals surface area contributed by atoms with Gasteiger partial charge in [-0.1, -0.05) is 18.2 Å². The SMILES string of the molecule is C[C@@H](N)c1cccnc1N(C)Cc1ccc(F)cc1. The van der Waals surface area contributed by atoms with E-state index in [1.165, 1.54) is 12.1 Å². The number of hydrogen-bond donors (Lipinski definition) is 1. The summed E-state index contributed by atoms with van der Waals surface area (Å²) < 4.78 is 12.9. The highest BCUT2D eigenvalue weighted by Gasteiger charge is 2.11. The molecule has 3 nitrogen and oxygen atoms in total. The van der Waals surface area contributed by atoms with E-state index in [4.69, 9.17) is 5.73 Å². The Labute approximate surface area is 112 Å². The number of nitrogens with zero attached hydrogens (tertiary/aromatic N) is 2. The first-order chi connectivity index (χ1) is 9.08. The van der Waals surface area contributed by atoms with Crippen LogP contribution in [0.4, 0.5) is 10.2 Å². The number of benzene rings is 1. The van der Waals surface area contributed by atoms with Crippen molar-refractivity contribution in [1.82, 2.24) is 4.98 Å². The van der Waals surface area contributed by atoms with E-state index in [1.807, 2.05) is 31.0 Å². The fraction of sp³-hybridized carbons (Fsp3) is 0.267. The van der Waals surface area contributed by atoms with Crippen LogP contribution in [0.25, 0.3) is 0 Å². The highest BCUT2D eigenvalue weighted by atomic mass is 19.1. The average molecular weight is 259 g/mol. The zero-order chi connectivity index (χ0) is 13.8. The Morgan fingerprint density at radius 1 is 1.26 bits per heavy atom. The number of aromatic nitrogens is 1. The van der Waals surface area contributed by atoms with Gasteiger partial charge < -0.3 is 10.6 Å². The molecule has 0 radical (unpaired) electrons. The number of pyridine rings is 1. The predicted octanol–water partition coefficient (Wildman–Crippen LogP) is 2.88. The van der Waals surface area contributed by atoms with Crippen LogP contribution in [-0.2, 0) is 6.54 Å². The maximum atomic E-state index is 12.9. The minimum atomic E-state index is -0.222. The summed E-state index contributed by atoms with van der Waals surface area (Å²) in [4.78, 5) is 6.41. The van der Waals surface area contributed by atoms with Crippen LogP contribution in [0.15, 0.2) is 42.6 Å². The first kappa shape index (κ1) is 13.5. The molecule has 0 spiro atoms. The van der Waals surface area contributed by atoms with Gasteiger partial charge >= 0.3 is 0 Å². The summed E-state index contributed by atoms with van der Waals surface area (Å²) in [7, 11) is 1.96. The number of hydrogen-bond acceptors (Lipinski definition) is 3. The highest BCUT2D eigenvalue weighted by Crippen LogP contribution is 2.22. The fourth-order valence-electron chi connectivity index (χ4n) is 2.02. The first-order valence-electron chi connectivity index (χ1n) is 6.24. The van der Waals surface area contributed by atoms with Gasteiger partial charge in [-0.05, 0) is 30.7 Å². The van der Waals surface area contributed by atoms with Crippen LogP contribution >= 0.6 is 0 Å². The third-order valence-electron chi connectivity index (χ3n) is 3.00. The number of rotatable bonds is 4. The second kappa shape index (κ2) is 5.80. The lowest BCUT2D eigenvalue weighted by Crippen LogP contribution is -2.21. The second-order valence-electron chi connectivity index (χ2n) is 4.69. The summed E-state index contributed by atoms with van der Waals surface area (Å²) in [6.45, 7) is 2.60. The molecule has 4 heteroatoms. The van der Waals surface area contributed by atoms with Crippen LogP contribution in [0.1, 0.15) is 24.1 Å². The van der Waals surface area contributed by atoms with E-state index in [0.717, 1.165) is 16.9 Å². The van der Waals surface area contributed by atoms with Crippen LogP contribution < -0.4 is 10.6 Å². The van der Waals surface area contributed by atoms with Crippen molar-refractivity contribution in [2.45, 2.75) is 19.5 Å². The summed E-state index contributed by atoms with van der Waals surface area (Å²) in [6.07, 6.45) is 1.75. The molecule has 2 N–H and O–H groups in total. The number of anilines is 1. The molecule has 0 aliphatic heterocycles. The van der Waals surface area contributed by atoms with Gasteiger partial charge in [-0.15, -0.1) is 0 Å². The Morgan fingerprint density at radius 2 is 1.95 bits per heavy atom. The Hall–Kier alpha value is -1.94. The molecule has 1 aromatic carbocycles. The Balaban J connectivity index is 2.20. The van der Waals surface area contributed by atoms with Crippen molar-refractivity contribution < 1.29 is 4.39 Å². The van der Waals surface area contributed by atoms with Crippen molar-refractivity contribution in [2.75, 3.05) is 11.9 Å². The minimum Gasteiger partial charge on any atom is -0.355 e. The maximum Gasteiger partial charge on any atom is 0.133 e. The van der Waals surface area contributed by atoms with Crippen molar-refractivity contribution in [3.8, 4) is 0 Å². The molecule has 0 bridgehead atoms. The van der Waals surface area contributed by atoms with E-state index in [2.05, 4.69) is 4.98 Å². The first-order valence-corrected chi connectivity index (χ1v) is 6.24. The van der Waals surface area contributed by atoms with E-state index in [-0.39, 0.29) is 11.9 Å². The third-order valence-corrected chi connectivity index (χ3v) is 3.00. The molecule has 19 heavy (non-hydrogen) atoms. The molecule has 2 aromatic rings. The Kier molecular flexibility index (Phi) is 4.12. The molecule has 0 aliphatic rings. The van der Waals surface area contributed by atoms with Crippen LogP contribution in [0, 0.1) is 5.82 Å². The van der Waals surface area contributed by atoms with Crippen LogP contribution in [0.2, 0.25) is 0 Å². The van der Waals surface area contributed by atoms with Crippen molar-refractivity contribution in [1.29, 1.82) is 0 Å². The smallest absolute Gasteiger partial charge is 0.133 e. The average Bonchev–Trinajstić information content (AvgIpc) is 2.41. The Bertz CT molecular complexity index is 537. The molecule has 1 aromatic heterocycles. The zero-order valence-electron chi connectivity index (χ0n) is 11.2. The third kappa shape index (κ3) is 3.29. The molecule has 0 unspecified atom stereocenters.